The van der Waals surface area contributed by atoms with Gasteiger partial charge in [-0.05, 0) is 19.1 Å². The Hall–Kier alpha value is -2.21. The third-order valence-corrected chi connectivity index (χ3v) is 2.81. The molecule has 0 spiro atoms. The summed E-state index contributed by atoms with van der Waals surface area (Å²) >= 11 is 5.64. The van der Waals surface area contributed by atoms with Gasteiger partial charge in [-0.3, -0.25) is 4.79 Å². The van der Waals surface area contributed by atoms with E-state index in [0.717, 1.165) is 0 Å². The van der Waals surface area contributed by atoms with Crippen LogP contribution in [-0.2, 0) is 0 Å². The molecule has 0 aliphatic carbocycles. The van der Waals surface area contributed by atoms with Gasteiger partial charge in [0, 0.05) is 0 Å². The van der Waals surface area contributed by atoms with Gasteiger partial charge >= 0.3 is 5.97 Å². The van der Waals surface area contributed by atoms with Gasteiger partial charge in [-0.15, -0.1) is 0 Å². The van der Waals surface area contributed by atoms with Gasteiger partial charge < -0.3 is 10.1 Å². The molecule has 0 saturated carbocycles. The Bertz CT molecular complexity index is 727. The lowest BCUT2D eigenvalue weighted by atomic mass is 10.1. The highest BCUT2D eigenvalue weighted by atomic mass is 35.5. The van der Waals surface area contributed by atoms with Crippen molar-refractivity contribution in [3.63, 3.8) is 0 Å². The Labute approximate surface area is 111 Å². The fraction of sp³-hybridized carbons (Fsp3) is 0.0833. The number of aromatic carboxylic acids is 1. The summed E-state index contributed by atoms with van der Waals surface area (Å²) in [5, 5.41) is 8.74. The van der Waals surface area contributed by atoms with Gasteiger partial charge in [-0.1, -0.05) is 17.7 Å². The number of aryl methyl sites for hydroxylation is 1. The van der Waals surface area contributed by atoms with Crippen LogP contribution in [0.4, 0.5) is 4.39 Å². The summed E-state index contributed by atoms with van der Waals surface area (Å²) < 4.78 is 13.8. The van der Waals surface area contributed by atoms with E-state index in [1.807, 2.05) is 0 Å². The first-order valence-electron chi connectivity index (χ1n) is 5.20. The number of carboxylic acid groups (broad SMARTS) is 1. The first-order chi connectivity index (χ1) is 8.91. The molecule has 0 aliphatic rings. The quantitative estimate of drug-likeness (QED) is 0.885. The summed E-state index contributed by atoms with van der Waals surface area (Å²) in [5.74, 6) is -2.17. The van der Waals surface area contributed by atoms with Crippen molar-refractivity contribution in [1.29, 1.82) is 0 Å². The third kappa shape index (κ3) is 2.34. The second-order valence-corrected chi connectivity index (χ2v) is 4.19. The summed E-state index contributed by atoms with van der Waals surface area (Å²) in [5.41, 5.74) is -1.30. The van der Waals surface area contributed by atoms with Crippen molar-refractivity contribution in [2.45, 2.75) is 6.92 Å². The molecule has 1 aromatic heterocycles. The van der Waals surface area contributed by atoms with E-state index in [0.29, 0.717) is 0 Å². The van der Waals surface area contributed by atoms with E-state index in [1.54, 1.807) is 0 Å². The van der Waals surface area contributed by atoms with Crippen molar-refractivity contribution < 1.29 is 14.3 Å². The lowest BCUT2D eigenvalue weighted by Crippen LogP contribution is -2.21. The zero-order valence-electron chi connectivity index (χ0n) is 9.70. The van der Waals surface area contributed by atoms with Gasteiger partial charge in [-0.25, -0.2) is 14.2 Å². The minimum atomic E-state index is -1.38. The van der Waals surface area contributed by atoms with E-state index >= 15 is 0 Å². The number of nitrogens with zero attached hydrogens (tertiary/aromatic N) is 1. The minimum Gasteiger partial charge on any atom is -0.477 e. The predicted octanol–water partition coefficient (Wildman–Crippen LogP) is 2.24. The van der Waals surface area contributed by atoms with Crippen molar-refractivity contribution >= 4 is 17.6 Å². The maximum Gasteiger partial charge on any atom is 0.343 e. The van der Waals surface area contributed by atoms with Crippen LogP contribution >= 0.6 is 11.6 Å². The van der Waals surface area contributed by atoms with Crippen LogP contribution in [0.3, 0.4) is 0 Å². The van der Waals surface area contributed by atoms with Crippen molar-refractivity contribution in [3.8, 4) is 11.4 Å². The maximum absolute atomic E-state index is 13.8. The number of aromatic nitrogens is 2. The second kappa shape index (κ2) is 4.81. The highest BCUT2D eigenvalue weighted by molar-refractivity contribution is 6.31. The number of hydrogen-bond acceptors (Lipinski definition) is 3. The SMILES string of the molecule is Cc1nc(-c2cccc(Cl)c2F)[nH]c(=O)c1C(=O)O. The zero-order chi connectivity index (χ0) is 14.2. The van der Waals surface area contributed by atoms with Crippen molar-refractivity contribution in [1.82, 2.24) is 9.97 Å². The molecular formula is C12H8ClFN2O3. The van der Waals surface area contributed by atoms with Gasteiger partial charge in [0.05, 0.1) is 16.3 Å². The number of aromatic amines is 1. The van der Waals surface area contributed by atoms with E-state index in [4.69, 9.17) is 16.7 Å². The van der Waals surface area contributed by atoms with Crippen LogP contribution in [0.1, 0.15) is 16.1 Å². The van der Waals surface area contributed by atoms with Gasteiger partial charge in [0.2, 0.25) is 0 Å². The van der Waals surface area contributed by atoms with Crippen molar-refractivity contribution in [3.05, 3.63) is 50.7 Å². The average Bonchev–Trinajstić information content (AvgIpc) is 2.31. The standard InChI is InChI=1S/C12H8ClFN2O3/c1-5-8(12(18)19)11(17)16-10(15-5)6-3-2-4-7(13)9(6)14/h2-4H,1H3,(H,18,19)(H,15,16,17). The van der Waals surface area contributed by atoms with Crippen molar-refractivity contribution in [2.75, 3.05) is 0 Å². The zero-order valence-corrected chi connectivity index (χ0v) is 10.5. The van der Waals surface area contributed by atoms with Crippen LogP contribution < -0.4 is 5.56 Å². The number of H-pyrrole nitrogens is 1. The lowest BCUT2D eigenvalue weighted by Gasteiger charge is -2.06. The third-order valence-electron chi connectivity index (χ3n) is 2.52. The molecular weight excluding hydrogens is 275 g/mol. The first kappa shape index (κ1) is 13.2. The number of rotatable bonds is 2. The van der Waals surface area contributed by atoms with Gasteiger partial charge in [0.1, 0.15) is 11.4 Å². The van der Waals surface area contributed by atoms with E-state index in [2.05, 4.69) is 9.97 Å². The highest BCUT2D eigenvalue weighted by Crippen LogP contribution is 2.24. The topological polar surface area (TPSA) is 83.0 Å². The molecule has 7 heteroatoms. The van der Waals surface area contributed by atoms with E-state index < -0.39 is 22.9 Å². The largest absolute Gasteiger partial charge is 0.477 e. The molecule has 0 saturated heterocycles. The fourth-order valence-corrected chi connectivity index (χ4v) is 1.83. The Kier molecular flexibility index (Phi) is 3.35. The lowest BCUT2D eigenvalue weighted by molar-refractivity contribution is 0.0693. The molecule has 5 nitrogen and oxygen atoms in total. The van der Waals surface area contributed by atoms with Crippen LogP contribution in [-0.4, -0.2) is 21.0 Å². The summed E-state index contributed by atoms with van der Waals surface area (Å²) in [7, 11) is 0. The molecule has 0 amide bonds. The minimum absolute atomic E-state index is 0.00430. The van der Waals surface area contributed by atoms with Crippen LogP contribution in [0.2, 0.25) is 5.02 Å². The molecule has 0 atom stereocenters. The Morgan fingerprint density at radius 3 is 2.74 bits per heavy atom. The van der Waals surface area contributed by atoms with Gasteiger partial charge in [0.25, 0.3) is 5.56 Å². The summed E-state index contributed by atoms with van der Waals surface area (Å²) in [6.07, 6.45) is 0. The fourth-order valence-electron chi connectivity index (χ4n) is 1.65. The normalized spacial score (nSPS) is 10.5. The summed E-state index contributed by atoms with van der Waals surface area (Å²) in [6.45, 7) is 1.37. The average molecular weight is 283 g/mol. The smallest absolute Gasteiger partial charge is 0.343 e. The van der Waals surface area contributed by atoms with Crippen LogP contribution in [0.5, 0.6) is 0 Å². The Morgan fingerprint density at radius 1 is 1.47 bits per heavy atom. The van der Waals surface area contributed by atoms with Crippen molar-refractivity contribution in [2.24, 2.45) is 0 Å². The molecule has 0 unspecified atom stereocenters. The van der Waals surface area contributed by atoms with Crippen LogP contribution in [0, 0.1) is 12.7 Å². The molecule has 0 radical (unpaired) electrons. The number of carbonyl (C=O) groups is 1. The van der Waals surface area contributed by atoms with Crippen LogP contribution in [0.15, 0.2) is 23.0 Å². The summed E-state index contributed by atoms with van der Waals surface area (Å²) in [4.78, 5) is 28.6. The number of benzene rings is 1. The first-order valence-corrected chi connectivity index (χ1v) is 5.58. The number of nitrogens with one attached hydrogen (secondary N) is 1. The molecule has 0 bridgehead atoms. The number of hydrogen-bond donors (Lipinski definition) is 2. The highest BCUT2D eigenvalue weighted by Gasteiger charge is 2.17. The van der Waals surface area contributed by atoms with E-state index in [9.17, 15) is 14.0 Å². The molecule has 19 heavy (non-hydrogen) atoms. The molecule has 2 N–H and O–H groups in total. The number of halogens is 2. The molecule has 1 aromatic carbocycles. The predicted molar refractivity (Wildman–Crippen MR) is 67.0 cm³/mol. The number of carboxylic acids is 1. The van der Waals surface area contributed by atoms with Gasteiger partial charge in [-0.2, -0.15) is 0 Å². The second-order valence-electron chi connectivity index (χ2n) is 3.78. The monoisotopic (exact) mass is 282 g/mol. The van der Waals surface area contributed by atoms with Gasteiger partial charge in [0.15, 0.2) is 5.82 Å². The molecule has 0 fully saturated rings. The Morgan fingerprint density at radius 2 is 2.16 bits per heavy atom. The molecule has 0 aliphatic heterocycles. The maximum atomic E-state index is 13.8. The van der Waals surface area contributed by atoms with Crippen LogP contribution in [0.25, 0.3) is 11.4 Å². The van der Waals surface area contributed by atoms with E-state index in [-0.39, 0.29) is 22.1 Å². The summed E-state index contributed by atoms with van der Waals surface area (Å²) in [6, 6.07) is 4.25. The van der Waals surface area contributed by atoms with E-state index in [1.165, 1.54) is 25.1 Å². The molecule has 2 rings (SSSR count). The molecule has 1 heterocycles. The Balaban J connectivity index is 2.69. The molecule has 98 valence electrons. The molecule has 2 aromatic rings.